The van der Waals surface area contributed by atoms with Gasteiger partial charge in [0.05, 0.1) is 5.56 Å². The lowest BCUT2D eigenvalue weighted by Crippen LogP contribution is -2.30. The molecule has 2 aliphatic rings. The second-order valence-corrected chi connectivity index (χ2v) is 9.38. The molecule has 0 nitrogen and oxygen atoms in total. The van der Waals surface area contributed by atoms with Gasteiger partial charge in [-0.3, -0.25) is 0 Å². The Morgan fingerprint density at radius 1 is 0.931 bits per heavy atom. The van der Waals surface area contributed by atoms with Gasteiger partial charge in [-0.15, -0.1) is 6.58 Å². The Bertz CT molecular complexity index is 835. The first kappa shape index (κ1) is 20.6. The predicted octanol–water partition coefficient (Wildman–Crippen LogP) is 8.55. The first-order chi connectivity index (χ1) is 14.0. The maximum absolute atomic E-state index is 14.9. The van der Waals surface area contributed by atoms with Crippen molar-refractivity contribution in [3.8, 4) is 11.1 Å². The van der Waals surface area contributed by atoms with Crippen LogP contribution >= 0.6 is 11.6 Å². The Labute approximate surface area is 178 Å². The predicted molar refractivity (Wildman–Crippen MR) is 117 cm³/mol. The van der Waals surface area contributed by atoms with Crippen molar-refractivity contribution >= 4 is 11.6 Å². The SMILES string of the molecule is C=CCCC1CCC2CC(c3cc(F)c(-c4ccc(Cl)cc4)c(F)c3)CCC2C1. The Kier molecular flexibility index (Phi) is 6.39. The monoisotopic (exact) mass is 414 g/mol. The van der Waals surface area contributed by atoms with E-state index in [1.165, 1.54) is 32.1 Å². The van der Waals surface area contributed by atoms with Gasteiger partial charge in [0.1, 0.15) is 11.6 Å². The van der Waals surface area contributed by atoms with Crippen LogP contribution in [0.4, 0.5) is 8.78 Å². The second kappa shape index (κ2) is 9.00. The molecule has 0 aliphatic heterocycles. The van der Waals surface area contributed by atoms with E-state index < -0.39 is 11.6 Å². The lowest BCUT2D eigenvalue weighted by molar-refractivity contribution is 0.115. The van der Waals surface area contributed by atoms with E-state index in [-0.39, 0.29) is 11.5 Å². The van der Waals surface area contributed by atoms with Crippen molar-refractivity contribution in [2.75, 3.05) is 0 Å². The molecule has 2 fully saturated rings. The molecule has 4 atom stereocenters. The van der Waals surface area contributed by atoms with E-state index in [1.807, 2.05) is 6.08 Å². The van der Waals surface area contributed by atoms with E-state index in [0.717, 1.165) is 36.7 Å². The van der Waals surface area contributed by atoms with Gasteiger partial charge in [-0.1, -0.05) is 36.2 Å². The van der Waals surface area contributed by atoms with Crippen LogP contribution in [0.1, 0.15) is 62.8 Å². The van der Waals surface area contributed by atoms with E-state index in [2.05, 4.69) is 6.58 Å². The minimum Gasteiger partial charge on any atom is -0.206 e. The van der Waals surface area contributed by atoms with Gasteiger partial charge < -0.3 is 0 Å². The smallest absolute Gasteiger partial charge is 0.134 e. The summed E-state index contributed by atoms with van der Waals surface area (Å²) in [7, 11) is 0. The number of rotatable bonds is 5. The summed E-state index contributed by atoms with van der Waals surface area (Å²) in [6.45, 7) is 3.85. The van der Waals surface area contributed by atoms with E-state index in [1.54, 1.807) is 36.4 Å². The summed E-state index contributed by atoms with van der Waals surface area (Å²) in [4.78, 5) is 0. The Morgan fingerprint density at radius 2 is 1.59 bits per heavy atom. The van der Waals surface area contributed by atoms with Gasteiger partial charge in [-0.25, -0.2) is 8.78 Å². The summed E-state index contributed by atoms with van der Waals surface area (Å²) in [5, 5.41) is 0.558. The summed E-state index contributed by atoms with van der Waals surface area (Å²) in [5.74, 6) is 1.65. The van der Waals surface area contributed by atoms with Crippen LogP contribution in [-0.4, -0.2) is 0 Å². The van der Waals surface area contributed by atoms with Crippen molar-refractivity contribution in [1.29, 1.82) is 0 Å². The molecule has 0 aromatic heterocycles. The molecule has 2 saturated carbocycles. The second-order valence-electron chi connectivity index (χ2n) is 8.94. The fourth-order valence-electron chi connectivity index (χ4n) is 5.63. The third kappa shape index (κ3) is 4.58. The average Bonchev–Trinajstić information content (AvgIpc) is 2.72. The van der Waals surface area contributed by atoms with Crippen LogP contribution in [0.5, 0.6) is 0 Å². The minimum atomic E-state index is -0.474. The molecule has 0 saturated heterocycles. The number of hydrogen-bond donors (Lipinski definition) is 0. The van der Waals surface area contributed by atoms with Crippen LogP contribution in [0.15, 0.2) is 49.1 Å². The highest BCUT2D eigenvalue weighted by molar-refractivity contribution is 6.30. The average molecular weight is 415 g/mol. The molecule has 3 heteroatoms. The largest absolute Gasteiger partial charge is 0.206 e. The van der Waals surface area contributed by atoms with Crippen molar-refractivity contribution in [2.24, 2.45) is 17.8 Å². The lowest BCUT2D eigenvalue weighted by atomic mass is 9.63. The van der Waals surface area contributed by atoms with Gasteiger partial charge in [-0.2, -0.15) is 0 Å². The fraction of sp³-hybridized carbons (Fsp3) is 0.462. The molecular formula is C26H29ClF2. The molecule has 29 heavy (non-hydrogen) atoms. The highest BCUT2D eigenvalue weighted by Gasteiger charge is 2.36. The van der Waals surface area contributed by atoms with E-state index in [9.17, 15) is 8.78 Å². The standard InChI is InChI=1S/C26H29ClF2/c1-2-3-4-17-5-6-20-14-21(8-7-19(20)13-17)22-15-24(28)26(25(29)16-22)18-9-11-23(27)12-10-18/h2,9-12,15-17,19-21H,1,3-8,13-14H2. The van der Waals surface area contributed by atoms with Gasteiger partial charge in [0.25, 0.3) is 0 Å². The zero-order valence-electron chi connectivity index (χ0n) is 16.8. The van der Waals surface area contributed by atoms with Crippen LogP contribution in [0, 0.1) is 29.4 Å². The fourth-order valence-corrected chi connectivity index (χ4v) is 5.75. The topological polar surface area (TPSA) is 0 Å². The molecular weight excluding hydrogens is 386 g/mol. The molecule has 0 amide bonds. The van der Waals surface area contributed by atoms with Gasteiger partial charge in [0.15, 0.2) is 0 Å². The van der Waals surface area contributed by atoms with Crippen molar-refractivity contribution in [3.05, 3.63) is 71.3 Å². The van der Waals surface area contributed by atoms with Gasteiger partial charge >= 0.3 is 0 Å². The van der Waals surface area contributed by atoms with Gasteiger partial charge in [0.2, 0.25) is 0 Å². The third-order valence-electron chi connectivity index (χ3n) is 7.17. The van der Waals surface area contributed by atoms with Crippen LogP contribution in [0.2, 0.25) is 5.02 Å². The van der Waals surface area contributed by atoms with Crippen molar-refractivity contribution < 1.29 is 8.78 Å². The van der Waals surface area contributed by atoms with Crippen molar-refractivity contribution in [2.45, 2.75) is 57.3 Å². The molecule has 0 bridgehead atoms. The summed E-state index contributed by atoms with van der Waals surface area (Å²) in [6.07, 6.45) is 11.6. The minimum absolute atomic E-state index is 0.0434. The summed E-state index contributed by atoms with van der Waals surface area (Å²) >= 11 is 5.90. The van der Waals surface area contributed by atoms with Crippen LogP contribution in [0.25, 0.3) is 11.1 Å². The molecule has 2 aromatic carbocycles. The molecule has 4 rings (SSSR count). The maximum Gasteiger partial charge on any atom is 0.134 e. The summed E-state index contributed by atoms with van der Waals surface area (Å²) < 4.78 is 29.7. The third-order valence-corrected chi connectivity index (χ3v) is 7.42. The van der Waals surface area contributed by atoms with Crippen LogP contribution < -0.4 is 0 Å². The number of allylic oxidation sites excluding steroid dienone is 1. The van der Waals surface area contributed by atoms with E-state index in [4.69, 9.17) is 11.6 Å². The quantitative estimate of drug-likeness (QED) is 0.430. The van der Waals surface area contributed by atoms with Crippen LogP contribution in [0.3, 0.4) is 0 Å². The van der Waals surface area contributed by atoms with Crippen LogP contribution in [-0.2, 0) is 0 Å². The highest BCUT2D eigenvalue weighted by Crippen LogP contribution is 2.48. The summed E-state index contributed by atoms with van der Waals surface area (Å²) in [5.41, 5.74) is 1.39. The van der Waals surface area contributed by atoms with Gasteiger partial charge in [-0.05, 0) is 104 Å². The molecule has 0 radical (unpaired) electrons. The van der Waals surface area contributed by atoms with Gasteiger partial charge in [0, 0.05) is 5.02 Å². The number of hydrogen-bond acceptors (Lipinski definition) is 0. The van der Waals surface area contributed by atoms with E-state index in [0.29, 0.717) is 16.5 Å². The Morgan fingerprint density at radius 3 is 2.28 bits per heavy atom. The van der Waals surface area contributed by atoms with Crippen molar-refractivity contribution in [1.82, 2.24) is 0 Å². The summed E-state index contributed by atoms with van der Waals surface area (Å²) in [6, 6.07) is 9.78. The Hall–Kier alpha value is -1.67. The first-order valence-electron chi connectivity index (χ1n) is 10.9. The molecule has 2 aromatic rings. The van der Waals surface area contributed by atoms with E-state index >= 15 is 0 Å². The normalized spacial score (nSPS) is 26.7. The zero-order chi connectivity index (χ0) is 20.4. The van der Waals surface area contributed by atoms with Crippen molar-refractivity contribution in [3.63, 3.8) is 0 Å². The molecule has 0 spiro atoms. The number of benzene rings is 2. The maximum atomic E-state index is 14.9. The molecule has 154 valence electrons. The Balaban J connectivity index is 1.47. The first-order valence-corrected chi connectivity index (χ1v) is 11.3. The lowest BCUT2D eigenvalue weighted by Gasteiger charge is -2.42. The number of fused-ring (bicyclic) bond motifs is 1. The zero-order valence-corrected chi connectivity index (χ0v) is 17.6. The molecule has 0 N–H and O–H groups in total. The molecule has 4 unspecified atom stereocenters. The number of halogens is 3. The molecule has 2 aliphatic carbocycles. The highest BCUT2D eigenvalue weighted by atomic mass is 35.5. The molecule has 0 heterocycles.